The molecule has 0 radical (unpaired) electrons. The summed E-state index contributed by atoms with van der Waals surface area (Å²) in [5.41, 5.74) is 5.93. The van der Waals surface area contributed by atoms with Gasteiger partial charge in [0.15, 0.2) is 0 Å². The number of hydrogen-bond donors (Lipinski definition) is 2. The first-order valence-electron chi connectivity index (χ1n) is 6.42. The summed E-state index contributed by atoms with van der Waals surface area (Å²) in [7, 11) is 2.16. The van der Waals surface area contributed by atoms with E-state index in [1.165, 1.54) is 0 Å². The van der Waals surface area contributed by atoms with Gasteiger partial charge in [0.25, 0.3) is 0 Å². The van der Waals surface area contributed by atoms with E-state index in [1.807, 2.05) is 6.92 Å². The normalized spacial score (nSPS) is 16.5. The van der Waals surface area contributed by atoms with Crippen molar-refractivity contribution in [2.45, 2.75) is 64.5 Å². The fourth-order valence-electron chi connectivity index (χ4n) is 1.61. The van der Waals surface area contributed by atoms with E-state index in [-0.39, 0.29) is 17.7 Å². The highest BCUT2D eigenvalue weighted by Gasteiger charge is 2.24. The minimum atomic E-state index is -0.378. The summed E-state index contributed by atoms with van der Waals surface area (Å²) >= 11 is 0. The summed E-state index contributed by atoms with van der Waals surface area (Å²) in [6.07, 6.45) is 3.92. The summed E-state index contributed by atoms with van der Waals surface area (Å²) in [5.74, 6) is 0. The number of aliphatic hydroxyl groups excluding tert-OH is 1. The molecule has 0 fully saturated rings. The number of rotatable bonds is 8. The van der Waals surface area contributed by atoms with Crippen LogP contribution in [0, 0.1) is 0 Å². The van der Waals surface area contributed by atoms with E-state index in [2.05, 4.69) is 32.7 Å². The molecule has 3 N–H and O–H groups in total. The molecule has 0 aromatic carbocycles. The summed E-state index contributed by atoms with van der Waals surface area (Å²) in [6, 6.07) is 0. The maximum absolute atomic E-state index is 9.22. The predicted molar refractivity (Wildman–Crippen MR) is 70.5 cm³/mol. The van der Waals surface area contributed by atoms with Crippen molar-refractivity contribution < 1.29 is 5.11 Å². The van der Waals surface area contributed by atoms with Crippen LogP contribution in [0.1, 0.15) is 53.4 Å². The van der Waals surface area contributed by atoms with Gasteiger partial charge in [0, 0.05) is 11.1 Å². The minimum Gasteiger partial charge on any atom is -0.394 e. The lowest BCUT2D eigenvalue weighted by Gasteiger charge is -2.36. The first-order chi connectivity index (χ1) is 7.31. The van der Waals surface area contributed by atoms with E-state index < -0.39 is 0 Å². The molecule has 0 aliphatic rings. The highest BCUT2D eigenvalue weighted by molar-refractivity contribution is 4.83. The third kappa shape index (κ3) is 4.81. The van der Waals surface area contributed by atoms with Gasteiger partial charge < -0.3 is 15.7 Å². The molecule has 0 aromatic rings. The van der Waals surface area contributed by atoms with Crippen molar-refractivity contribution in [3.05, 3.63) is 0 Å². The number of hydrogen-bond acceptors (Lipinski definition) is 3. The van der Waals surface area contributed by atoms with Crippen LogP contribution in [0.4, 0.5) is 0 Å². The van der Waals surface area contributed by atoms with Gasteiger partial charge in [-0.05, 0) is 53.1 Å². The first kappa shape index (κ1) is 15.9. The van der Waals surface area contributed by atoms with Crippen molar-refractivity contribution in [3.8, 4) is 0 Å². The molecule has 0 bridgehead atoms. The second kappa shape index (κ2) is 6.58. The summed E-state index contributed by atoms with van der Waals surface area (Å²) < 4.78 is 0. The average Bonchev–Trinajstić information content (AvgIpc) is 2.28. The smallest absolute Gasteiger partial charge is 0.0611 e. The van der Waals surface area contributed by atoms with Gasteiger partial charge in [0.1, 0.15) is 0 Å². The standard InChI is InChI=1S/C13H30N2O/c1-6-12(3,4)15(5)10-8-9-13(14,7-2)11-16/h16H,6-11,14H2,1-5H3. The van der Waals surface area contributed by atoms with Crippen molar-refractivity contribution >= 4 is 0 Å². The third-order valence-electron chi connectivity index (χ3n) is 4.09. The molecular weight excluding hydrogens is 200 g/mol. The molecule has 0 aromatic heterocycles. The second-order valence-electron chi connectivity index (χ2n) is 5.57. The lowest BCUT2D eigenvalue weighted by molar-refractivity contribution is 0.133. The van der Waals surface area contributed by atoms with Crippen LogP contribution in [0.3, 0.4) is 0 Å². The van der Waals surface area contributed by atoms with Gasteiger partial charge in [-0.15, -0.1) is 0 Å². The Morgan fingerprint density at radius 1 is 1.19 bits per heavy atom. The maximum atomic E-state index is 9.22. The Balaban J connectivity index is 3.99. The van der Waals surface area contributed by atoms with E-state index in [1.54, 1.807) is 0 Å². The molecule has 0 spiro atoms. The lowest BCUT2D eigenvalue weighted by atomic mass is 9.92. The second-order valence-corrected chi connectivity index (χ2v) is 5.57. The van der Waals surface area contributed by atoms with Crippen molar-refractivity contribution in [1.82, 2.24) is 4.90 Å². The van der Waals surface area contributed by atoms with Gasteiger partial charge in [-0.3, -0.25) is 0 Å². The van der Waals surface area contributed by atoms with Crippen molar-refractivity contribution in [1.29, 1.82) is 0 Å². The molecule has 98 valence electrons. The fourth-order valence-corrected chi connectivity index (χ4v) is 1.61. The van der Waals surface area contributed by atoms with Crippen LogP contribution in [0.2, 0.25) is 0 Å². The molecule has 0 heterocycles. The fraction of sp³-hybridized carbons (Fsp3) is 1.00. The van der Waals surface area contributed by atoms with E-state index in [0.717, 1.165) is 32.2 Å². The monoisotopic (exact) mass is 230 g/mol. The quantitative estimate of drug-likeness (QED) is 0.670. The number of aliphatic hydroxyl groups is 1. The van der Waals surface area contributed by atoms with Gasteiger partial charge >= 0.3 is 0 Å². The van der Waals surface area contributed by atoms with Gasteiger partial charge in [0.05, 0.1) is 6.61 Å². The molecule has 0 saturated carbocycles. The summed E-state index contributed by atoms with van der Waals surface area (Å²) in [4.78, 5) is 2.38. The Morgan fingerprint density at radius 2 is 1.75 bits per heavy atom. The van der Waals surface area contributed by atoms with Crippen molar-refractivity contribution in [2.24, 2.45) is 5.73 Å². The zero-order chi connectivity index (χ0) is 12.8. The Hall–Kier alpha value is -0.120. The molecule has 0 rings (SSSR count). The Kier molecular flexibility index (Phi) is 6.53. The molecular formula is C13H30N2O. The van der Waals surface area contributed by atoms with Gasteiger partial charge in [-0.1, -0.05) is 13.8 Å². The Labute approximate surface area is 101 Å². The van der Waals surface area contributed by atoms with E-state index >= 15 is 0 Å². The van der Waals surface area contributed by atoms with Gasteiger partial charge in [-0.2, -0.15) is 0 Å². The Morgan fingerprint density at radius 3 is 2.12 bits per heavy atom. The van der Waals surface area contributed by atoms with Crippen LogP contribution in [-0.4, -0.2) is 41.3 Å². The molecule has 0 aliphatic heterocycles. The largest absolute Gasteiger partial charge is 0.394 e. The zero-order valence-electron chi connectivity index (χ0n) is 11.7. The lowest BCUT2D eigenvalue weighted by Crippen LogP contribution is -2.45. The number of nitrogens with two attached hydrogens (primary N) is 1. The number of nitrogens with zero attached hydrogens (tertiary/aromatic N) is 1. The van der Waals surface area contributed by atoms with E-state index in [0.29, 0.717) is 0 Å². The van der Waals surface area contributed by atoms with Gasteiger partial charge in [-0.25, -0.2) is 0 Å². The van der Waals surface area contributed by atoms with Crippen LogP contribution < -0.4 is 5.73 Å². The first-order valence-corrected chi connectivity index (χ1v) is 6.42. The van der Waals surface area contributed by atoms with Crippen molar-refractivity contribution in [3.63, 3.8) is 0 Å². The SMILES string of the molecule is CCC(N)(CO)CCCN(C)C(C)(C)CC. The highest BCUT2D eigenvalue weighted by Crippen LogP contribution is 2.19. The third-order valence-corrected chi connectivity index (χ3v) is 4.09. The average molecular weight is 230 g/mol. The summed E-state index contributed by atoms with van der Waals surface area (Å²) in [5, 5.41) is 9.22. The van der Waals surface area contributed by atoms with Crippen LogP contribution in [0.25, 0.3) is 0 Å². The van der Waals surface area contributed by atoms with E-state index in [4.69, 9.17) is 5.73 Å². The minimum absolute atomic E-state index is 0.0877. The Bertz CT molecular complexity index is 188. The molecule has 0 aliphatic carbocycles. The predicted octanol–water partition coefficient (Wildman–Crippen LogP) is 1.99. The zero-order valence-corrected chi connectivity index (χ0v) is 11.7. The molecule has 0 saturated heterocycles. The molecule has 3 heteroatoms. The van der Waals surface area contributed by atoms with Crippen LogP contribution in [0.5, 0.6) is 0 Å². The van der Waals surface area contributed by atoms with Gasteiger partial charge in [0.2, 0.25) is 0 Å². The van der Waals surface area contributed by atoms with Crippen LogP contribution in [0.15, 0.2) is 0 Å². The molecule has 1 atom stereocenters. The maximum Gasteiger partial charge on any atom is 0.0611 e. The topological polar surface area (TPSA) is 49.5 Å². The molecule has 1 unspecified atom stereocenters. The highest BCUT2D eigenvalue weighted by atomic mass is 16.3. The molecule has 3 nitrogen and oxygen atoms in total. The molecule has 16 heavy (non-hydrogen) atoms. The van der Waals surface area contributed by atoms with Crippen LogP contribution >= 0.6 is 0 Å². The van der Waals surface area contributed by atoms with Crippen LogP contribution in [-0.2, 0) is 0 Å². The van der Waals surface area contributed by atoms with E-state index in [9.17, 15) is 5.11 Å². The van der Waals surface area contributed by atoms with Crippen molar-refractivity contribution in [2.75, 3.05) is 20.2 Å². The molecule has 0 amide bonds. The summed E-state index contributed by atoms with van der Waals surface area (Å²) in [6.45, 7) is 9.90.